The van der Waals surface area contributed by atoms with Gasteiger partial charge in [0.1, 0.15) is 5.82 Å². The zero-order chi connectivity index (χ0) is 13.7. The molecule has 1 atom stereocenters. The summed E-state index contributed by atoms with van der Waals surface area (Å²) in [4.78, 5) is 1.25. The molecular weight excluding hydrogens is 281 g/mol. The quantitative estimate of drug-likeness (QED) is 0.844. The van der Waals surface area contributed by atoms with Crippen LogP contribution < -0.4 is 5.32 Å². The lowest BCUT2D eigenvalue weighted by Crippen LogP contribution is -2.22. The van der Waals surface area contributed by atoms with Crippen LogP contribution in [-0.4, -0.2) is 13.6 Å². The molecular formula is C15H17ClFNS. The molecule has 1 N–H and O–H groups in total. The molecule has 2 aromatic rings. The Labute approximate surface area is 122 Å². The number of halogens is 2. The molecule has 1 unspecified atom stereocenters. The van der Waals surface area contributed by atoms with Crippen molar-refractivity contribution >= 4 is 22.9 Å². The minimum atomic E-state index is -0.118. The van der Waals surface area contributed by atoms with E-state index in [1.165, 1.54) is 10.9 Å². The van der Waals surface area contributed by atoms with Crippen LogP contribution in [0.4, 0.5) is 4.39 Å². The number of nitrogens with one attached hydrogen (secondary N) is 1. The Kier molecular flexibility index (Phi) is 5.37. The van der Waals surface area contributed by atoms with Gasteiger partial charge in [0.25, 0.3) is 0 Å². The van der Waals surface area contributed by atoms with Crippen LogP contribution in [-0.2, 0) is 12.8 Å². The van der Waals surface area contributed by atoms with Gasteiger partial charge in [-0.15, -0.1) is 11.3 Å². The second-order valence-electron chi connectivity index (χ2n) is 4.63. The van der Waals surface area contributed by atoms with Gasteiger partial charge in [0.15, 0.2) is 0 Å². The van der Waals surface area contributed by atoms with Crippen LogP contribution in [0.3, 0.4) is 0 Å². The molecule has 0 saturated heterocycles. The van der Waals surface area contributed by atoms with Gasteiger partial charge >= 0.3 is 0 Å². The summed E-state index contributed by atoms with van der Waals surface area (Å²) < 4.78 is 14.5. The van der Waals surface area contributed by atoms with E-state index in [-0.39, 0.29) is 5.82 Å². The first kappa shape index (κ1) is 14.5. The topological polar surface area (TPSA) is 12.0 Å². The van der Waals surface area contributed by atoms with Gasteiger partial charge in [-0.25, -0.2) is 4.39 Å². The zero-order valence-corrected chi connectivity index (χ0v) is 12.4. The van der Waals surface area contributed by atoms with Crippen molar-refractivity contribution < 1.29 is 4.39 Å². The van der Waals surface area contributed by atoms with E-state index in [2.05, 4.69) is 11.4 Å². The van der Waals surface area contributed by atoms with Crippen LogP contribution in [0.15, 0.2) is 36.4 Å². The molecule has 19 heavy (non-hydrogen) atoms. The van der Waals surface area contributed by atoms with Gasteiger partial charge in [-0.2, -0.15) is 0 Å². The fraction of sp³-hybridized carbons (Fsp3) is 0.333. The lowest BCUT2D eigenvalue weighted by Gasteiger charge is -2.16. The average molecular weight is 298 g/mol. The molecule has 1 heterocycles. The van der Waals surface area contributed by atoms with Crippen molar-refractivity contribution in [2.45, 2.75) is 12.8 Å². The van der Waals surface area contributed by atoms with Crippen molar-refractivity contribution in [2.24, 2.45) is 5.92 Å². The van der Waals surface area contributed by atoms with Crippen molar-refractivity contribution in [3.05, 3.63) is 57.0 Å². The van der Waals surface area contributed by atoms with Gasteiger partial charge in [-0.1, -0.05) is 29.8 Å². The standard InChI is InChI=1S/C15H17ClFNS/c1-18-10-11(9-13-6-7-15(16)19-13)8-12-4-2-3-5-14(12)17/h2-7,11,18H,8-10H2,1H3. The predicted octanol–water partition coefficient (Wildman–Crippen LogP) is 4.16. The Hall–Kier alpha value is -0.900. The number of hydrogen-bond acceptors (Lipinski definition) is 2. The molecule has 4 heteroatoms. The van der Waals surface area contributed by atoms with E-state index in [4.69, 9.17) is 11.6 Å². The normalized spacial score (nSPS) is 12.6. The maximum Gasteiger partial charge on any atom is 0.126 e. The molecule has 0 spiro atoms. The number of hydrogen-bond donors (Lipinski definition) is 1. The van der Waals surface area contributed by atoms with Gasteiger partial charge in [-0.05, 0) is 56.1 Å². The van der Waals surface area contributed by atoms with Gasteiger partial charge in [0, 0.05) is 4.88 Å². The fourth-order valence-corrected chi connectivity index (χ4v) is 3.43. The Bertz CT molecular complexity index is 526. The molecule has 0 aliphatic carbocycles. The molecule has 1 aromatic heterocycles. The van der Waals surface area contributed by atoms with Crippen LogP contribution in [0.25, 0.3) is 0 Å². The summed E-state index contributed by atoms with van der Waals surface area (Å²) >= 11 is 7.55. The van der Waals surface area contributed by atoms with E-state index in [1.54, 1.807) is 17.4 Å². The van der Waals surface area contributed by atoms with Crippen LogP contribution in [0.5, 0.6) is 0 Å². The predicted molar refractivity (Wildman–Crippen MR) is 80.6 cm³/mol. The van der Waals surface area contributed by atoms with Crippen molar-refractivity contribution in [3.8, 4) is 0 Å². The summed E-state index contributed by atoms with van der Waals surface area (Å²) in [6, 6.07) is 11.0. The van der Waals surface area contributed by atoms with E-state index >= 15 is 0 Å². The summed E-state index contributed by atoms with van der Waals surface area (Å²) in [5, 5.41) is 3.18. The Morgan fingerprint density at radius 1 is 1.21 bits per heavy atom. The molecule has 0 saturated carbocycles. The van der Waals surface area contributed by atoms with Crippen molar-refractivity contribution in [3.63, 3.8) is 0 Å². The molecule has 0 aliphatic rings. The lowest BCUT2D eigenvalue weighted by atomic mass is 9.95. The second kappa shape index (κ2) is 7.04. The highest BCUT2D eigenvalue weighted by Gasteiger charge is 2.13. The van der Waals surface area contributed by atoms with Crippen LogP contribution >= 0.6 is 22.9 Å². The van der Waals surface area contributed by atoms with Gasteiger partial charge in [0.2, 0.25) is 0 Å². The third-order valence-electron chi connectivity index (χ3n) is 3.08. The minimum absolute atomic E-state index is 0.118. The lowest BCUT2D eigenvalue weighted by molar-refractivity contribution is 0.482. The van der Waals surface area contributed by atoms with E-state index in [9.17, 15) is 4.39 Å². The van der Waals surface area contributed by atoms with Gasteiger partial charge < -0.3 is 5.32 Å². The van der Waals surface area contributed by atoms with Crippen LogP contribution in [0.2, 0.25) is 4.34 Å². The van der Waals surface area contributed by atoms with E-state index in [0.29, 0.717) is 5.92 Å². The molecule has 0 bridgehead atoms. The monoisotopic (exact) mass is 297 g/mol. The molecule has 0 amide bonds. The fourth-order valence-electron chi connectivity index (χ4n) is 2.23. The van der Waals surface area contributed by atoms with Gasteiger partial charge in [0.05, 0.1) is 4.34 Å². The van der Waals surface area contributed by atoms with Crippen molar-refractivity contribution in [1.82, 2.24) is 5.32 Å². The summed E-state index contributed by atoms with van der Waals surface area (Å²) in [6.07, 6.45) is 1.66. The highest BCUT2D eigenvalue weighted by molar-refractivity contribution is 7.16. The van der Waals surface area contributed by atoms with Crippen LogP contribution in [0, 0.1) is 11.7 Å². The summed E-state index contributed by atoms with van der Waals surface area (Å²) in [5.41, 5.74) is 0.783. The first-order chi connectivity index (χ1) is 9.19. The van der Waals surface area contributed by atoms with Crippen molar-refractivity contribution in [2.75, 3.05) is 13.6 Å². The molecule has 102 valence electrons. The molecule has 1 aromatic carbocycles. The SMILES string of the molecule is CNCC(Cc1ccc(Cl)s1)Cc1ccccc1F. The first-order valence-corrected chi connectivity index (χ1v) is 7.50. The molecule has 0 fully saturated rings. The van der Waals surface area contributed by atoms with Crippen molar-refractivity contribution in [1.29, 1.82) is 0 Å². The minimum Gasteiger partial charge on any atom is -0.319 e. The summed E-state index contributed by atoms with van der Waals surface area (Å²) in [5.74, 6) is 0.254. The maximum absolute atomic E-state index is 13.7. The highest BCUT2D eigenvalue weighted by atomic mass is 35.5. The van der Waals surface area contributed by atoms with Crippen LogP contribution in [0.1, 0.15) is 10.4 Å². The third kappa shape index (κ3) is 4.30. The average Bonchev–Trinajstić information content (AvgIpc) is 2.78. The Morgan fingerprint density at radius 3 is 2.63 bits per heavy atom. The molecule has 1 nitrogen and oxygen atoms in total. The summed E-state index contributed by atoms with van der Waals surface area (Å²) in [6.45, 7) is 0.865. The number of thiophene rings is 1. The summed E-state index contributed by atoms with van der Waals surface area (Å²) in [7, 11) is 1.93. The van der Waals surface area contributed by atoms with Gasteiger partial charge in [-0.3, -0.25) is 0 Å². The smallest absolute Gasteiger partial charge is 0.126 e. The third-order valence-corrected chi connectivity index (χ3v) is 4.33. The zero-order valence-electron chi connectivity index (χ0n) is 10.8. The van der Waals surface area contributed by atoms with E-state index in [1.807, 2.05) is 25.2 Å². The number of benzene rings is 1. The highest BCUT2D eigenvalue weighted by Crippen LogP contribution is 2.25. The Morgan fingerprint density at radius 2 is 2.00 bits per heavy atom. The first-order valence-electron chi connectivity index (χ1n) is 6.31. The molecule has 0 aliphatic heterocycles. The largest absolute Gasteiger partial charge is 0.319 e. The molecule has 0 radical (unpaired) electrons. The second-order valence-corrected chi connectivity index (χ2v) is 6.43. The molecule has 2 rings (SSSR count). The Balaban J connectivity index is 2.06. The number of rotatable bonds is 6. The van der Waals surface area contributed by atoms with E-state index in [0.717, 1.165) is 29.3 Å². The van der Waals surface area contributed by atoms with E-state index < -0.39 is 0 Å². The maximum atomic E-state index is 13.7.